The molecule has 2 aromatic heterocycles. The second kappa shape index (κ2) is 7.23. The van der Waals surface area contributed by atoms with Gasteiger partial charge in [0.15, 0.2) is 11.5 Å². The molecule has 0 amide bonds. The largest absolute Gasteiger partial charge is 0.434 e. The minimum Gasteiger partial charge on any atom is -0.382 e. The summed E-state index contributed by atoms with van der Waals surface area (Å²) in [5, 5.41) is 5.71. The molecule has 0 saturated heterocycles. The van der Waals surface area contributed by atoms with E-state index < -0.39 is 32.6 Å². The molecular formula is C19H13F4N5O2S. The Labute approximate surface area is 173 Å². The smallest absolute Gasteiger partial charge is 0.382 e. The highest BCUT2D eigenvalue weighted by molar-refractivity contribution is 7.92. The number of nitrogens with one attached hydrogen (secondary N) is 2. The average molecular weight is 451 g/mol. The molecule has 12 heteroatoms. The lowest BCUT2D eigenvalue weighted by Crippen LogP contribution is -2.14. The van der Waals surface area contributed by atoms with Crippen LogP contribution in [0.2, 0.25) is 0 Å². The summed E-state index contributed by atoms with van der Waals surface area (Å²) in [7, 11) is -4.19. The van der Waals surface area contributed by atoms with Crippen molar-refractivity contribution in [2.75, 3.05) is 10.5 Å². The van der Waals surface area contributed by atoms with E-state index in [1.165, 1.54) is 42.5 Å². The quantitative estimate of drug-likeness (QED) is 0.403. The summed E-state index contributed by atoms with van der Waals surface area (Å²) < 4.78 is 81.1. The number of fused-ring (bicyclic) bond motifs is 1. The van der Waals surface area contributed by atoms with Crippen molar-refractivity contribution in [2.24, 2.45) is 0 Å². The fourth-order valence-electron chi connectivity index (χ4n) is 3.00. The Morgan fingerprint density at radius 2 is 1.71 bits per heavy atom. The molecule has 31 heavy (non-hydrogen) atoms. The number of H-pyrrole nitrogens is 1. The molecule has 2 heterocycles. The van der Waals surface area contributed by atoms with Gasteiger partial charge in [-0.05, 0) is 30.3 Å². The van der Waals surface area contributed by atoms with Crippen molar-refractivity contribution in [3.05, 3.63) is 66.1 Å². The third-order valence-electron chi connectivity index (χ3n) is 4.40. The molecule has 0 unspecified atom stereocenters. The molecule has 0 aliphatic carbocycles. The van der Waals surface area contributed by atoms with Crippen LogP contribution in [0.5, 0.6) is 0 Å². The predicted molar refractivity (Wildman–Crippen MR) is 106 cm³/mol. The number of nitrogens with two attached hydrogens (primary N) is 1. The van der Waals surface area contributed by atoms with Crippen molar-refractivity contribution in [1.82, 2.24) is 15.2 Å². The SMILES string of the molecule is Nc1n[nH]c2cc(-c3ccc(NS(=O)(=O)c4ccccc4F)cc3)nc(C(F)(F)F)c12. The molecule has 0 bridgehead atoms. The zero-order valence-corrected chi connectivity index (χ0v) is 16.2. The fourth-order valence-corrected chi connectivity index (χ4v) is 4.14. The summed E-state index contributed by atoms with van der Waals surface area (Å²) in [6.07, 6.45) is -4.76. The number of alkyl halides is 3. The number of anilines is 2. The number of aromatic amines is 1. The average Bonchev–Trinajstić information content (AvgIpc) is 3.08. The van der Waals surface area contributed by atoms with Crippen LogP contribution in [0.4, 0.5) is 29.1 Å². The lowest BCUT2D eigenvalue weighted by atomic mass is 10.1. The fraction of sp³-hybridized carbons (Fsp3) is 0.0526. The Morgan fingerprint density at radius 3 is 2.35 bits per heavy atom. The van der Waals surface area contributed by atoms with Crippen LogP contribution in [0, 0.1) is 5.82 Å². The van der Waals surface area contributed by atoms with E-state index in [0.29, 0.717) is 0 Å². The van der Waals surface area contributed by atoms with Crippen LogP contribution < -0.4 is 10.5 Å². The first kappa shape index (κ1) is 20.6. The topological polar surface area (TPSA) is 114 Å². The van der Waals surface area contributed by atoms with E-state index in [0.717, 1.165) is 12.1 Å². The van der Waals surface area contributed by atoms with Crippen LogP contribution in [0.1, 0.15) is 5.69 Å². The highest BCUT2D eigenvalue weighted by Crippen LogP contribution is 2.37. The van der Waals surface area contributed by atoms with Crippen molar-refractivity contribution in [1.29, 1.82) is 0 Å². The number of aromatic nitrogens is 3. The molecule has 4 rings (SSSR count). The molecule has 0 aliphatic heterocycles. The first-order chi connectivity index (χ1) is 14.6. The van der Waals surface area contributed by atoms with Gasteiger partial charge < -0.3 is 5.73 Å². The van der Waals surface area contributed by atoms with E-state index >= 15 is 0 Å². The summed E-state index contributed by atoms with van der Waals surface area (Å²) in [5.74, 6) is -1.23. The van der Waals surface area contributed by atoms with Crippen LogP contribution in [-0.4, -0.2) is 23.6 Å². The number of hydrogen-bond acceptors (Lipinski definition) is 5. The molecule has 0 fully saturated rings. The second-order valence-electron chi connectivity index (χ2n) is 6.50. The van der Waals surface area contributed by atoms with Crippen LogP contribution in [-0.2, 0) is 16.2 Å². The zero-order chi connectivity index (χ0) is 22.4. The molecule has 0 spiro atoms. The Kier molecular flexibility index (Phi) is 4.81. The molecule has 0 aliphatic rings. The number of nitrogen functional groups attached to an aromatic ring is 1. The minimum absolute atomic E-state index is 0.0213. The van der Waals surface area contributed by atoms with Crippen molar-refractivity contribution in [2.45, 2.75) is 11.1 Å². The van der Waals surface area contributed by atoms with Gasteiger partial charge in [-0.2, -0.15) is 18.3 Å². The standard InChI is InChI=1S/C19H13F4N5O2S/c20-12-3-1-2-4-15(12)31(29,30)28-11-7-5-10(6-8-11)13-9-14-16(18(24)27-26-14)17(25-13)19(21,22)23/h1-9,28H,(H3,24,26,27). The maximum atomic E-state index is 13.8. The summed E-state index contributed by atoms with van der Waals surface area (Å²) >= 11 is 0. The van der Waals surface area contributed by atoms with E-state index in [1.54, 1.807) is 0 Å². The second-order valence-corrected chi connectivity index (χ2v) is 8.15. The molecule has 2 aromatic carbocycles. The molecule has 0 radical (unpaired) electrons. The van der Waals surface area contributed by atoms with Crippen molar-refractivity contribution in [3.8, 4) is 11.3 Å². The number of benzene rings is 2. The maximum absolute atomic E-state index is 13.8. The molecule has 4 aromatic rings. The number of nitrogens with zero attached hydrogens (tertiary/aromatic N) is 2. The van der Waals surface area contributed by atoms with Gasteiger partial charge in [0.25, 0.3) is 10.0 Å². The lowest BCUT2D eigenvalue weighted by Gasteiger charge is -2.11. The van der Waals surface area contributed by atoms with E-state index in [4.69, 9.17) is 5.73 Å². The molecule has 160 valence electrons. The Hall–Kier alpha value is -3.67. The van der Waals surface area contributed by atoms with E-state index in [1.807, 2.05) is 0 Å². The molecule has 0 saturated carbocycles. The maximum Gasteiger partial charge on any atom is 0.434 e. The van der Waals surface area contributed by atoms with Crippen LogP contribution in [0.3, 0.4) is 0 Å². The summed E-state index contributed by atoms with van der Waals surface area (Å²) in [6.45, 7) is 0. The van der Waals surface area contributed by atoms with E-state index in [-0.39, 0.29) is 33.7 Å². The number of pyridine rings is 1. The lowest BCUT2D eigenvalue weighted by molar-refractivity contribution is -0.139. The number of halogens is 4. The first-order valence-electron chi connectivity index (χ1n) is 8.66. The van der Waals surface area contributed by atoms with Gasteiger partial charge in [0.1, 0.15) is 10.7 Å². The predicted octanol–water partition coefficient (Wildman–Crippen LogP) is 4.17. The van der Waals surface area contributed by atoms with Crippen LogP contribution in [0.25, 0.3) is 22.2 Å². The molecule has 0 atom stereocenters. The molecular weight excluding hydrogens is 438 g/mol. The highest BCUT2D eigenvalue weighted by Gasteiger charge is 2.36. The van der Waals surface area contributed by atoms with Gasteiger partial charge in [0.2, 0.25) is 0 Å². The Balaban J connectivity index is 1.69. The summed E-state index contributed by atoms with van der Waals surface area (Å²) in [6, 6.07) is 11.6. The summed E-state index contributed by atoms with van der Waals surface area (Å²) in [4.78, 5) is 3.16. The van der Waals surface area contributed by atoms with Gasteiger partial charge in [0, 0.05) is 11.3 Å². The number of hydrogen-bond donors (Lipinski definition) is 3. The normalized spacial score (nSPS) is 12.3. The van der Waals surface area contributed by atoms with Gasteiger partial charge in [0.05, 0.1) is 16.6 Å². The number of rotatable bonds is 4. The third kappa shape index (κ3) is 3.89. The molecule has 4 N–H and O–H groups in total. The van der Waals surface area contributed by atoms with Gasteiger partial charge in [-0.25, -0.2) is 17.8 Å². The zero-order valence-electron chi connectivity index (χ0n) is 15.4. The van der Waals surface area contributed by atoms with Crippen LogP contribution >= 0.6 is 0 Å². The van der Waals surface area contributed by atoms with E-state index in [2.05, 4.69) is 19.9 Å². The van der Waals surface area contributed by atoms with Gasteiger partial charge >= 0.3 is 6.18 Å². The minimum atomic E-state index is -4.76. The summed E-state index contributed by atoms with van der Waals surface area (Å²) in [5.41, 5.74) is 4.75. The highest BCUT2D eigenvalue weighted by atomic mass is 32.2. The van der Waals surface area contributed by atoms with Gasteiger partial charge in [-0.1, -0.05) is 24.3 Å². The third-order valence-corrected chi connectivity index (χ3v) is 5.81. The Morgan fingerprint density at radius 1 is 1.03 bits per heavy atom. The van der Waals surface area contributed by atoms with Crippen LogP contribution in [0.15, 0.2) is 59.5 Å². The van der Waals surface area contributed by atoms with Gasteiger partial charge in [-0.15, -0.1) is 0 Å². The molecule has 7 nitrogen and oxygen atoms in total. The monoisotopic (exact) mass is 451 g/mol. The number of sulfonamides is 1. The van der Waals surface area contributed by atoms with Gasteiger partial charge in [-0.3, -0.25) is 9.82 Å². The van der Waals surface area contributed by atoms with E-state index in [9.17, 15) is 26.0 Å². The van der Waals surface area contributed by atoms with Crippen molar-refractivity contribution < 1.29 is 26.0 Å². The first-order valence-corrected chi connectivity index (χ1v) is 10.1. The van der Waals surface area contributed by atoms with Crippen molar-refractivity contribution >= 4 is 32.4 Å². The van der Waals surface area contributed by atoms with Crippen molar-refractivity contribution in [3.63, 3.8) is 0 Å². The Bertz CT molecular complexity index is 1380.